The normalized spacial score (nSPS) is 10.5. The maximum atomic E-state index is 12.2. The van der Waals surface area contributed by atoms with Crippen molar-refractivity contribution in [2.24, 2.45) is 0 Å². The molecule has 0 aliphatic rings. The molecule has 0 aromatic heterocycles. The molecule has 8 heteroatoms. The highest BCUT2D eigenvalue weighted by Crippen LogP contribution is 2.35. The molecule has 3 rings (SSSR count). The molecule has 0 spiro atoms. The van der Waals surface area contributed by atoms with Gasteiger partial charge in [0.15, 0.2) is 0 Å². The molecule has 35 heavy (non-hydrogen) atoms. The molecule has 0 bridgehead atoms. The van der Waals surface area contributed by atoms with Crippen molar-refractivity contribution in [2.45, 2.75) is 6.92 Å². The zero-order valence-electron chi connectivity index (χ0n) is 19.7. The summed E-state index contributed by atoms with van der Waals surface area (Å²) in [7, 11) is 0. The third kappa shape index (κ3) is 8.44. The van der Waals surface area contributed by atoms with E-state index in [4.69, 9.17) is 23.7 Å². The van der Waals surface area contributed by atoms with Crippen LogP contribution in [0.4, 0.5) is 4.79 Å². The minimum absolute atomic E-state index is 0.160. The Bertz CT molecular complexity index is 1130. The van der Waals surface area contributed by atoms with Crippen LogP contribution < -0.4 is 14.8 Å². The summed E-state index contributed by atoms with van der Waals surface area (Å²) in [6.45, 7) is 6.79. The van der Waals surface area contributed by atoms with Crippen LogP contribution in [-0.2, 0) is 19.0 Å². The number of carbonyl (C=O) groups is 2. The van der Waals surface area contributed by atoms with Gasteiger partial charge in [0.1, 0.15) is 23.9 Å². The number of para-hydroxylation sites is 1. The van der Waals surface area contributed by atoms with Crippen LogP contribution in [0.2, 0.25) is 0 Å². The highest BCUT2D eigenvalue weighted by Gasteiger charge is 2.12. The van der Waals surface area contributed by atoms with Gasteiger partial charge in [-0.15, -0.1) is 0 Å². The van der Waals surface area contributed by atoms with Crippen molar-refractivity contribution in [1.29, 1.82) is 0 Å². The Morgan fingerprint density at radius 3 is 2.09 bits per heavy atom. The van der Waals surface area contributed by atoms with E-state index in [0.29, 0.717) is 36.9 Å². The fourth-order valence-corrected chi connectivity index (χ4v) is 3.04. The molecule has 0 saturated heterocycles. The fourth-order valence-electron chi connectivity index (χ4n) is 3.04. The summed E-state index contributed by atoms with van der Waals surface area (Å²) in [5, 5.41) is 4.26. The van der Waals surface area contributed by atoms with Crippen molar-refractivity contribution in [2.75, 3.05) is 39.6 Å². The molecule has 184 valence electrons. The van der Waals surface area contributed by atoms with Gasteiger partial charge in [-0.3, -0.25) is 0 Å². The van der Waals surface area contributed by atoms with E-state index in [0.717, 1.165) is 16.5 Å². The molecule has 8 nitrogen and oxygen atoms in total. The average Bonchev–Trinajstić information content (AvgIpc) is 2.87. The minimum Gasteiger partial charge on any atom is -0.460 e. The maximum absolute atomic E-state index is 12.2. The number of rotatable bonds is 13. The van der Waals surface area contributed by atoms with Crippen LogP contribution in [0.25, 0.3) is 10.8 Å². The quantitative estimate of drug-likeness (QED) is 0.212. The first kappa shape index (κ1) is 25.7. The van der Waals surface area contributed by atoms with E-state index in [2.05, 4.69) is 11.9 Å². The number of amides is 1. The summed E-state index contributed by atoms with van der Waals surface area (Å²) in [5.74, 6) is 1.39. The van der Waals surface area contributed by atoms with Crippen LogP contribution >= 0.6 is 0 Å². The molecule has 0 aliphatic carbocycles. The van der Waals surface area contributed by atoms with E-state index < -0.39 is 12.1 Å². The zero-order valence-corrected chi connectivity index (χ0v) is 19.7. The number of hydrogen-bond donors (Lipinski definition) is 1. The monoisotopic (exact) mass is 479 g/mol. The molecule has 1 N–H and O–H groups in total. The van der Waals surface area contributed by atoms with E-state index in [1.165, 1.54) is 0 Å². The van der Waals surface area contributed by atoms with Gasteiger partial charge < -0.3 is 29.0 Å². The summed E-state index contributed by atoms with van der Waals surface area (Å²) < 4.78 is 27.1. The Balaban J connectivity index is 1.38. The van der Waals surface area contributed by atoms with Crippen molar-refractivity contribution < 1.29 is 33.3 Å². The summed E-state index contributed by atoms with van der Waals surface area (Å²) in [6.07, 6.45) is -0.578. The van der Waals surface area contributed by atoms with Crippen LogP contribution in [-0.4, -0.2) is 51.6 Å². The molecule has 0 unspecified atom stereocenters. The van der Waals surface area contributed by atoms with Crippen LogP contribution in [0.3, 0.4) is 0 Å². The third-order valence-corrected chi connectivity index (χ3v) is 4.71. The van der Waals surface area contributed by atoms with Gasteiger partial charge in [-0.05, 0) is 31.2 Å². The average molecular weight is 480 g/mol. The number of benzene rings is 3. The maximum Gasteiger partial charge on any atom is 0.412 e. The van der Waals surface area contributed by atoms with Crippen molar-refractivity contribution in [3.63, 3.8) is 0 Å². The molecule has 3 aromatic rings. The largest absolute Gasteiger partial charge is 0.460 e. The van der Waals surface area contributed by atoms with Gasteiger partial charge in [0.2, 0.25) is 0 Å². The van der Waals surface area contributed by atoms with Gasteiger partial charge in [0.25, 0.3) is 0 Å². The highest BCUT2D eigenvalue weighted by molar-refractivity contribution is 5.94. The number of carbonyl (C=O) groups excluding carboxylic acids is 2. The van der Waals surface area contributed by atoms with Crippen LogP contribution in [0.5, 0.6) is 17.2 Å². The Morgan fingerprint density at radius 2 is 1.37 bits per heavy atom. The van der Waals surface area contributed by atoms with Crippen LogP contribution in [0, 0.1) is 0 Å². The second-order valence-corrected chi connectivity index (χ2v) is 7.48. The first-order chi connectivity index (χ1) is 17.0. The fraction of sp³-hybridized carbons (Fsp3) is 0.259. The number of esters is 1. The predicted molar refractivity (Wildman–Crippen MR) is 132 cm³/mol. The molecule has 0 saturated carbocycles. The summed E-state index contributed by atoms with van der Waals surface area (Å²) in [6, 6.07) is 20.5. The third-order valence-electron chi connectivity index (χ3n) is 4.71. The highest BCUT2D eigenvalue weighted by atomic mass is 16.6. The molecule has 0 radical (unpaired) electrons. The zero-order chi connectivity index (χ0) is 24.9. The summed E-state index contributed by atoms with van der Waals surface area (Å²) >= 11 is 0. The first-order valence-electron chi connectivity index (χ1n) is 11.2. The van der Waals surface area contributed by atoms with Crippen molar-refractivity contribution in [3.8, 4) is 17.2 Å². The lowest BCUT2D eigenvalue weighted by Gasteiger charge is -2.13. The van der Waals surface area contributed by atoms with Crippen LogP contribution in [0.15, 0.2) is 78.9 Å². The van der Waals surface area contributed by atoms with E-state index >= 15 is 0 Å². The van der Waals surface area contributed by atoms with E-state index in [-0.39, 0.29) is 19.8 Å². The molecule has 1 amide bonds. The number of fused-ring (bicyclic) bond motifs is 1. The molecule has 0 atom stereocenters. The van der Waals surface area contributed by atoms with Gasteiger partial charge in [-0.2, -0.15) is 0 Å². The summed E-state index contributed by atoms with van der Waals surface area (Å²) in [4.78, 5) is 23.5. The Kier molecular flexibility index (Phi) is 10.1. The lowest BCUT2D eigenvalue weighted by atomic mass is 10.1. The lowest BCUT2D eigenvalue weighted by Crippen LogP contribution is -2.30. The predicted octanol–water partition coefficient (Wildman–Crippen LogP) is 4.87. The molecular formula is C27H29NO7. The molecule has 3 aromatic carbocycles. The van der Waals surface area contributed by atoms with Crippen LogP contribution in [0.1, 0.15) is 6.92 Å². The molecule has 0 heterocycles. The molecule has 0 fully saturated rings. The van der Waals surface area contributed by atoms with Gasteiger partial charge in [0.05, 0.1) is 26.4 Å². The topological polar surface area (TPSA) is 92.3 Å². The van der Waals surface area contributed by atoms with Gasteiger partial charge >= 0.3 is 12.1 Å². The molecule has 0 aliphatic heterocycles. The van der Waals surface area contributed by atoms with Gasteiger partial charge in [-0.1, -0.05) is 49.0 Å². The second-order valence-electron chi connectivity index (χ2n) is 7.48. The lowest BCUT2D eigenvalue weighted by molar-refractivity contribution is -0.140. The SMILES string of the molecule is C=C(C)C(=O)OCCOCCOCCNC(=O)Oc1ccc(Oc2ccccc2)c2ccccc12. The van der Waals surface area contributed by atoms with Crippen molar-refractivity contribution in [1.82, 2.24) is 5.32 Å². The molecular weight excluding hydrogens is 450 g/mol. The number of nitrogens with one attached hydrogen (secondary N) is 1. The standard InChI is InChI=1S/C27H29NO7/c1-20(2)26(29)33-19-18-32-17-16-31-15-14-28-27(30)35-25-13-12-24(22-10-6-7-11-23(22)25)34-21-8-4-3-5-9-21/h3-13H,1,14-19H2,2H3,(H,28,30). The number of hydrogen-bond acceptors (Lipinski definition) is 7. The second kappa shape index (κ2) is 13.7. The number of ether oxygens (including phenoxy) is 5. The van der Waals surface area contributed by atoms with E-state index in [1.54, 1.807) is 19.1 Å². The Morgan fingerprint density at radius 1 is 0.771 bits per heavy atom. The minimum atomic E-state index is -0.578. The van der Waals surface area contributed by atoms with Crippen molar-refractivity contribution in [3.05, 3.63) is 78.9 Å². The van der Waals surface area contributed by atoms with E-state index in [1.807, 2.05) is 54.6 Å². The Labute approximate surface area is 204 Å². The van der Waals surface area contributed by atoms with E-state index in [9.17, 15) is 9.59 Å². The van der Waals surface area contributed by atoms with Crippen molar-refractivity contribution >= 4 is 22.8 Å². The smallest absolute Gasteiger partial charge is 0.412 e. The Hall–Kier alpha value is -3.88. The summed E-state index contributed by atoms with van der Waals surface area (Å²) in [5.41, 5.74) is 0.349. The first-order valence-corrected chi connectivity index (χ1v) is 11.2. The van der Waals surface area contributed by atoms with Gasteiger partial charge in [0, 0.05) is 22.9 Å². The van der Waals surface area contributed by atoms with Gasteiger partial charge in [-0.25, -0.2) is 9.59 Å².